The molecule has 2 aromatic carbocycles. The molecule has 1 aliphatic rings. The highest BCUT2D eigenvalue weighted by Crippen LogP contribution is 2.42. The summed E-state index contributed by atoms with van der Waals surface area (Å²) in [5.74, 6) is -0.197. The zero-order chi connectivity index (χ0) is 24.2. The lowest BCUT2D eigenvalue weighted by molar-refractivity contribution is -0.140. The van der Waals surface area contributed by atoms with Crippen molar-refractivity contribution in [3.63, 3.8) is 0 Å². The van der Waals surface area contributed by atoms with Crippen molar-refractivity contribution in [2.24, 2.45) is 0 Å². The first-order valence-corrected chi connectivity index (χ1v) is 10.5. The van der Waals surface area contributed by atoms with Gasteiger partial charge in [0.2, 0.25) is 0 Å². The number of ketones is 1. The van der Waals surface area contributed by atoms with Crippen LogP contribution in [0.3, 0.4) is 0 Å². The molecule has 0 saturated carbocycles. The van der Waals surface area contributed by atoms with Crippen molar-refractivity contribution in [2.75, 3.05) is 21.3 Å². The summed E-state index contributed by atoms with van der Waals surface area (Å²) in [6, 6.07) is 14.5. The largest absolute Gasteiger partial charge is 0.507 e. The van der Waals surface area contributed by atoms with Crippen molar-refractivity contribution in [3.05, 3.63) is 89.3 Å². The zero-order valence-corrected chi connectivity index (χ0v) is 19.0. The molecule has 8 nitrogen and oxygen atoms in total. The van der Waals surface area contributed by atoms with E-state index in [4.69, 9.17) is 14.2 Å². The van der Waals surface area contributed by atoms with Gasteiger partial charge in [0.15, 0.2) is 11.5 Å². The summed E-state index contributed by atoms with van der Waals surface area (Å²) < 4.78 is 15.9. The van der Waals surface area contributed by atoms with Crippen LogP contribution in [0.2, 0.25) is 0 Å². The standard InChI is InChI=1S/C26H24N2O6/c1-32-19-9-6-17(7-10-19)24(29)22-23(18-8-11-20(33-2)21(13-18)34-3)28(26(31)25(22)30)15-16-5-4-12-27-14-16/h4-14,23,29H,15H2,1-3H3/b24-22-. The number of carbonyl (C=O) groups excluding carboxylic acids is 2. The van der Waals surface area contributed by atoms with E-state index in [1.807, 2.05) is 6.07 Å². The van der Waals surface area contributed by atoms with Crippen LogP contribution in [0.25, 0.3) is 5.76 Å². The molecule has 4 rings (SSSR count). The average molecular weight is 460 g/mol. The van der Waals surface area contributed by atoms with E-state index in [-0.39, 0.29) is 17.9 Å². The highest BCUT2D eigenvalue weighted by Gasteiger charge is 2.46. The number of hydrogen-bond acceptors (Lipinski definition) is 7. The Kier molecular flexibility index (Phi) is 6.49. The molecule has 1 aliphatic heterocycles. The summed E-state index contributed by atoms with van der Waals surface area (Å²) in [6.07, 6.45) is 3.27. The Balaban J connectivity index is 1.87. The van der Waals surface area contributed by atoms with Gasteiger partial charge in [-0.25, -0.2) is 0 Å². The number of carbonyl (C=O) groups is 2. The van der Waals surface area contributed by atoms with Crippen molar-refractivity contribution in [2.45, 2.75) is 12.6 Å². The van der Waals surface area contributed by atoms with E-state index in [2.05, 4.69) is 4.98 Å². The van der Waals surface area contributed by atoms with Crippen molar-refractivity contribution in [3.8, 4) is 17.2 Å². The summed E-state index contributed by atoms with van der Waals surface area (Å²) in [5, 5.41) is 11.2. The summed E-state index contributed by atoms with van der Waals surface area (Å²) in [6.45, 7) is 0.136. The normalized spacial score (nSPS) is 17.0. The number of ether oxygens (including phenoxy) is 3. The smallest absolute Gasteiger partial charge is 0.295 e. The summed E-state index contributed by atoms with van der Waals surface area (Å²) in [5.41, 5.74) is 1.73. The summed E-state index contributed by atoms with van der Waals surface area (Å²) in [4.78, 5) is 31.9. The third kappa shape index (κ3) is 4.17. The molecule has 0 radical (unpaired) electrons. The maximum atomic E-state index is 13.2. The number of aliphatic hydroxyl groups excluding tert-OH is 1. The first-order chi connectivity index (χ1) is 16.5. The van der Waals surface area contributed by atoms with Gasteiger partial charge in [0, 0.05) is 24.5 Å². The topological polar surface area (TPSA) is 98.2 Å². The number of pyridine rings is 1. The number of Topliss-reactive ketones (excluding diaryl/α,β-unsaturated/α-hetero) is 1. The second-order valence-electron chi connectivity index (χ2n) is 7.63. The Hall–Kier alpha value is -4.33. The molecular formula is C26H24N2O6. The fourth-order valence-electron chi connectivity index (χ4n) is 4.01. The van der Waals surface area contributed by atoms with Gasteiger partial charge in [0.05, 0.1) is 32.9 Å². The number of aliphatic hydroxyl groups is 1. The fourth-order valence-corrected chi connectivity index (χ4v) is 4.01. The van der Waals surface area contributed by atoms with Crippen molar-refractivity contribution >= 4 is 17.4 Å². The van der Waals surface area contributed by atoms with Crippen LogP contribution >= 0.6 is 0 Å². The van der Waals surface area contributed by atoms with Gasteiger partial charge in [-0.2, -0.15) is 0 Å². The number of nitrogens with zero attached hydrogens (tertiary/aromatic N) is 2. The molecule has 1 fully saturated rings. The molecule has 1 saturated heterocycles. The van der Waals surface area contributed by atoms with E-state index in [1.54, 1.807) is 60.9 Å². The van der Waals surface area contributed by atoms with Crippen LogP contribution in [-0.2, 0) is 16.1 Å². The monoisotopic (exact) mass is 460 g/mol. The molecule has 174 valence electrons. The van der Waals surface area contributed by atoms with Gasteiger partial charge >= 0.3 is 0 Å². The van der Waals surface area contributed by atoms with Gasteiger partial charge in [-0.1, -0.05) is 12.1 Å². The average Bonchev–Trinajstić information content (AvgIpc) is 3.13. The lowest BCUT2D eigenvalue weighted by Crippen LogP contribution is -2.29. The van der Waals surface area contributed by atoms with Crippen molar-refractivity contribution < 1.29 is 28.9 Å². The predicted molar refractivity (Wildman–Crippen MR) is 125 cm³/mol. The third-order valence-corrected chi connectivity index (χ3v) is 5.70. The van der Waals surface area contributed by atoms with E-state index >= 15 is 0 Å². The molecule has 0 bridgehead atoms. The molecule has 2 heterocycles. The van der Waals surface area contributed by atoms with Crippen LogP contribution in [0.1, 0.15) is 22.7 Å². The minimum Gasteiger partial charge on any atom is -0.507 e. The van der Waals surface area contributed by atoms with Gasteiger partial charge in [-0.15, -0.1) is 0 Å². The molecule has 1 unspecified atom stereocenters. The Bertz CT molecular complexity index is 1240. The molecule has 1 aromatic heterocycles. The Morgan fingerprint density at radius 3 is 2.32 bits per heavy atom. The van der Waals surface area contributed by atoms with Gasteiger partial charge < -0.3 is 24.2 Å². The van der Waals surface area contributed by atoms with Gasteiger partial charge in [0.1, 0.15) is 11.5 Å². The molecule has 34 heavy (non-hydrogen) atoms. The molecule has 1 amide bonds. The molecule has 0 aliphatic carbocycles. The zero-order valence-electron chi connectivity index (χ0n) is 19.0. The third-order valence-electron chi connectivity index (χ3n) is 5.70. The maximum absolute atomic E-state index is 13.2. The first kappa shape index (κ1) is 22.8. The van der Waals surface area contributed by atoms with E-state index in [1.165, 1.54) is 26.2 Å². The molecule has 3 aromatic rings. The predicted octanol–water partition coefficient (Wildman–Crippen LogP) is 3.73. The maximum Gasteiger partial charge on any atom is 0.295 e. The lowest BCUT2D eigenvalue weighted by atomic mass is 9.94. The SMILES string of the molecule is COc1ccc(/C(O)=C2/C(=O)C(=O)N(Cc3cccnc3)C2c2ccc(OC)c(OC)c2)cc1. The van der Waals surface area contributed by atoms with E-state index in [0.29, 0.717) is 28.4 Å². The van der Waals surface area contributed by atoms with Crippen LogP contribution in [0, 0.1) is 0 Å². The van der Waals surface area contributed by atoms with E-state index < -0.39 is 17.7 Å². The second-order valence-corrected chi connectivity index (χ2v) is 7.63. The van der Waals surface area contributed by atoms with Crippen LogP contribution in [0.5, 0.6) is 17.2 Å². The molecule has 8 heteroatoms. The van der Waals surface area contributed by atoms with Crippen LogP contribution in [0.15, 0.2) is 72.6 Å². The number of hydrogen-bond donors (Lipinski definition) is 1. The number of aromatic nitrogens is 1. The summed E-state index contributed by atoms with van der Waals surface area (Å²) >= 11 is 0. The highest BCUT2D eigenvalue weighted by atomic mass is 16.5. The van der Waals surface area contributed by atoms with E-state index in [0.717, 1.165) is 5.56 Å². The Morgan fingerprint density at radius 1 is 0.971 bits per heavy atom. The highest BCUT2D eigenvalue weighted by molar-refractivity contribution is 6.46. The van der Waals surface area contributed by atoms with Crippen molar-refractivity contribution in [1.82, 2.24) is 9.88 Å². The number of rotatable bonds is 7. The van der Waals surface area contributed by atoms with Gasteiger partial charge in [0.25, 0.3) is 11.7 Å². The fraction of sp³-hybridized carbons (Fsp3) is 0.192. The van der Waals surface area contributed by atoms with Gasteiger partial charge in [-0.05, 0) is 53.6 Å². The first-order valence-electron chi connectivity index (χ1n) is 10.5. The van der Waals surface area contributed by atoms with Crippen LogP contribution in [-0.4, -0.2) is 48.0 Å². The van der Waals surface area contributed by atoms with Crippen molar-refractivity contribution in [1.29, 1.82) is 0 Å². The number of amides is 1. The minimum absolute atomic E-state index is 0.00808. The quantitative estimate of drug-likeness (QED) is 0.326. The number of likely N-dealkylation sites (tertiary alicyclic amines) is 1. The molecule has 1 N–H and O–H groups in total. The number of methoxy groups -OCH3 is 3. The Morgan fingerprint density at radius 2 is 1.71 bits per heavy atom. The Labute approximate surface area is 197 Å². The van der Waals surface area contributed by atoms with E-state index in [9.17, 15) is 14.7 Å². The number of benzene rings is 2. The summed E-state index contributed by atoms with van der Waals surface area (Å²) in [7, 11) is 4.57. The molecule has 0 spiro atoms. The van der Waals surface area contributed by atoms with Gasteiger partial charge in [-0.3, -0.25) is 14.6 Å². The van der Waals surface area contributed by atoms with Crippen LogP contribution in [0.4, 0.5) is 0 Å². The lowest BCUT2D eigenvalue weighted by Gasteiger charge is -2.26. The molecular weight excluding hydrogens is 436 g/mol. The minimum atomic E-state index is -0.845. The van der Waals surface area contributed by atoms with Crippen LogP contribution < -0.4 is 14.2 Å². The molecule has 1 atom stereocenters. The second kappa shape index (κ2) is 9.66.